The molecule has 1 amide bonds. The first-order valence-corrected chi connectivity index (χ1v) is 8.79. The second-order valence-electron chi connectivity index (χ2n) is 6.08. The molecule has 0 aliphatic carbocycles. The third-order valence-corrected chi connectivity index (χ3v) is 5.27. The Labute approximate surface area is 140 Å². The Bertz CT molecular complexity index is 534. The highest BCUT2D eigenvalue weighted by molar-refractivity contribution is 7.09. The molecule has 7 heteroatoms. The topological polar surface area (TPSA) is 89.9 Å². The summed E-state index contributed by atoms with van der Waals surface area (Å²) < 4.78 is 0. The van der Waals surface area contributed by atoms with Crippen LogP contribution in [0, 0.1) is 5.41 Å². The molecule has 2 heterocycles. The average molecular weight is 340 g/mol. The highest BCUT2D eigenvalue weighted by atomic mass is 32.1. The van der Waals surface area contributed by atoms with E-state index < -0.39 is 17.5 Å². The van der Waals surface area contributed by atoms with Crippen LogP contribution in [0.15, 0.2) is 17.5 Å². The maximum absolute atomic E-state index is 12.1. The van der Waals surface area contributed by atoms with E-state index in [2.05, 4.69) is 5.32 Å². The fourth-order valence-electron chi connectivity index (χ4n) is 3.17. The van der Waals surface area contributed by atoms with E-state index in [9.17, 15) is 19.8 Å². The lowest BCUT2D eigenvalue weighted by Gasteiger charge is -2.43. The fourth-order valence-corrected chi connectivity index (χ4v) is 3.81. The second kappa shape index (κ2) is 7.90. The quantitative estimate of drug-likeness (QED) is 0.696. The van der Waals surface area contributed by atoms with Crippen LogP contribution in [0.25, 0.3) is 0 Å². The van der Waals surface area contributed by atoms with Gasteiger partial charge in [0.05, 0.1) is 19.2 Å². The standard InChI is InChI=1S/C16H24N2O4S/c1-2-6-16(15(21)22)11-18(7-5-13(16)19)10-14(20)17-9-12-4-3-8-23-12/h3-4,8,13,19H,2,5-7,9-11H2,1H3,(H,17,20)(H,21,22)/t13-,16-/m0/s1. The van der Waals surface area contributed by atoms with Crippen LogP contribution in [0.2, 0.25) is 0 Å². The van der Waals surface area contributed by atoms with Gasteiger partial charge in [0.2, 0.25) is 5.91 Å². The molecule has 0 bridgehead atoms. The summed E-state index contributed by atoms with van der Waals surface area (Å²) in [6.07, 6.45) is 0.619. The predicted octanol–water partition coefficient (Wildman–Crippen LogP) is 1.30. The molecule has 0 spiro atoms. The number of hydrogen-bond acceptors (Lipinski definition) is 5. The van der Waals surface area contributed by atoms with Crippen LogP contribution in [0.5, 0.6) is 0 Å². The minimum absolute atomic E-state index is 0.120. The van der Waals surface area contributed by atoms with Gasteiger partial charge in [0.25, 0.3) is 0 Å². The lowest BCUT2D eigenvalue weighted by Crippen LogP contribution is -2.57. The number of aliphatic hydroxyl groups is 1. The van der Waals surface area contributed by atoms with Gasteiger partial charge in [-0.1, -0.05) is 19.4 Å². The molecule has 1 aromatic heterocycles. The molecule has 1 aliphatic rings. The number of likely N-dealkylation sites (tertiary alicyclic amines) is 1. The zero-order valence-corrected chi connectivity index (χ0v) is 14.1. The summed E-state index contributed by atoms with van der Waals surface area (Å²) in [5.41, 5.74) is -1.17. The molecule has 0 aromatic carbocycles. The van der Waals surface area contributed by atoms with Crippen molar-refractivity contribution in [2.75, 3.05) is 19.6 Å². The van der Waals surface area contributed by atoms with Crippen molar-refractivity contribution in [2.45, 2.75) is 38.8 Å². The molecule has 3 N–H and O–H groups in total. The first kappa shape index (κ1) is 17.9. The largest absolute Gasteiger partial charge is 0.481 e. The molecule has 1 aromatic rings. The molecule has 0 unspecified atom stereocenters. The Balaban J connectivity index is 1.92. The summed E-state index contributed by atoms with van der Waals surface area (Å²) in [5, 5.41) is 24.6. The normalized spacial score (nSPS) is 25.2. The van der Waals surface area contributed by atoms with Gasteiger partial charge in [-0.05, 0) is 24.3 Å². The third-order valence-electron chi connectivity index (χ3n) is 4.39. The van der Waals surface area contributed by atoms with Crippen molar-refractivity contribution < 1.29 is 19.8 Å². The van der Waals surface area contributed by atoms with Gasteiger partial charge in [-0.2, -0.15) is 0 Å². The zero-order chi connectivity index (χ0) is 16.9. The minimum atomic E-state index is -1.17. The summed E-state index contributed by atoms with van der Waals surface area (Å²) in [4.78, 5) is 26.7. The number of amides is 1. The monoisotopic (exact) mass is 340 g/mol. The fraction of sp³-hybridized carbons (Fsp3) is 0.625. The molecule has 6 nitrogen and oxygen atoms in total. The summed E-state index contributed by atoms with van der Waals surface area (Å²) in [6.45, 7) is 3.31. The lowest BCUT2D eigenvalue weighted by molar-refractivity contribution is -0.165. The SMILES string of the molecule is CCC[C@]1(C(=O)O)CN(CC(=O)NCc2cccs2)CC[C@@H]1O. The summed E-state index contributed by atoms with van der Waals surface area (Å²) in [5.74, 6) is -1.10. The third kappa shape index (κ3) is 4.31. The Kier molecular flexibility index (Phi) is 6.15. The molecule has 23 heavy (non-hydrogen) atoms. The molecule has 2 atom stereocenters. The van der Waals surface area contributed by atoms with E-state index >= 15 is 0 Å². The van der Waals surface area contributed by atoms with Crippen LogP contribution in [0.4, 0.5) is 0 Å². The highest BCUT2D eigenvalue weighted by Gasteiger charge is 2.48. The van der Waals surface area contributed by atoms with Crippen LogP contribution in [0.1, 0.15) is 31.1 Å². The lowest BCUT2D eigenvalue weighted by atomic mass is 9.74. The van der Waals surface area contributed by atoms with Crippen LogP contribution < -0.4 is 5.32 Å². The van der Waals surface area contributed by atoms with Gasteiger partial charge in [0, 0.05) is 18.0 Å². The number of carbonyl (C=O) groups is 2. The van der Waals surface area contributed by atoms with Crippen molar-refractivity contribution in [3.05, 3.63) is 22.4 Å². The molecule has 1 saturated heterocycles. The van der Waals surface area contributed by atoms with Gasteiger partial charge in [-0.3, -0.25) is 14.5 Å². The van der Waals surface area contributed by atoms with Crippen LogP contribution in [-0.2, 0) is 16.1 Å². The summed E-state index contributed by atoms with van der Waals surface area (Å²) >= 11 is 1.58. The Morgan fingerprint density at radius 1 is 1.52 bits per heavy atom. The number of carboxylic acid groups (broad SMARTS) is 1. The van der Waals surface area contributed by atoms with Gasteiger partial charge in [0.15, 0.2) is 0 Å². The molecule has 1 fully saturated rings. The Morgan fingerprint density at radius 3 is 2.91 bits per heavy atom. The molecular weight excluding hydrogens is 316 g/mol. The average Bonchev–Trinajstić information content (AvgIpc) is 3.02. The van der Waals surface area contributed by atoms with Crippen molar-refractivity contribution in [1.82, 2.24) is 10.2 Å². The molecule has 128 valence electrons. The highest BCUT2D eigenvalue weighted by Crippen LogP contribution is 2.35. The number of carbonyl (C=O) groups excluding carboxylic acids is 1. The number of rotatable bonds is 7. The first-order chi connectivity index (χ1) is 11.0. The molecular formula is C16H24N2O4S. The van der Waals surface area contributed by atoms with Crippen molar-refractivity contribution in [2.24, 2.45) is 5.41 Å². The number of aliphatic hydroxyl groups excluding tert-OH is 1. The number of aliphatic carboxylic acids is 1. The predicted molar refractivity (Wildman–Crippen MR) is 88.2 cm³/mol. The van der Waals surface area contributed by atoms with Crippen LogP contribution in [-0.4, -0.2) is 52.7 Å². The maximum atomic E-state index is 12.1. The van der Waals surface area contributed by atoms with Gasteiger partial charge in [0.1, 0.15) is 5.41 Å². The van der Waals surface area contributed by atoms with E-state index in [1.165, 1.54) is 0 Å². The smallest absolute Gasteiger partial charge is 0.313 e. The molecule has 2 rings (SSSR count). The van der Waals surface area contributed by atoms with Gasteiger partial charge in [-0.25, -0.2) is 0 Å². The Morgan fingerprint density at radius 2 is 2.30 bits per heavy atom. The number of nitrogens with zero attached hydrogens (tertiary/aromatic N) is 1. The molecule has 0 saturated carbocycles. The zero-order valence-electron chi connectivity index (χ0n) is 13.3. The van der Waals surface area contributed by atoms with Gasteiger partial charge >= 0.3 is 5.97 Å². The van der Waals surface area contributed by atoms with E-state index in [0.717, 1.165) is 4.88 Å². The van der Waals surface area contributed by atoms with Crippen LogP contribution >= 0.6 is 11.3 Å². The van der Waals surface area contributed by atoms with E-state index in [-0.39, 0.29) is 19.0 Å². The number of hydrogen-bond donors (Lipinski definition) is 3. The van der Waals surface area contributed by atoms with Crippen molar-refractivity contribution >= 4 is 23.2 Å². The summed E-state index contributed by atoms with van der Waals surface area (Å²) in [7, 11) is 0. The number of thiophene rings is 1. The van der Waals surface area contributed by atoms with Gasteiger partial charge in [-0.15, -0.1) is 11.3 Å². The summed E-state index contributed by atoms with van der Waals surface area (Å²) in [6, 6.07) is 3.89. The molecule has 0 radical (unpaired) electrons. The van der Waals surface area contributed by atoms with E-state index in [1.807, 2.05) is 29.3 Å². The molecule has 1 aliphatic heterocycles. The van der Waals surface area contributed by atoms with E-state index in [4.69, 9.17) is 0 Å². The van der Waals surface area contributed by atoms with Crippen molar-refractivity contribution in [3.8, 4) is 0 Å². The van der Waals surface area contributed by atoms with Crippen LogP contribution in [0.3, 0.4) is 0 Å². The Hall–Kier alpha value is -1.44. The van der Waals surface area contributed by atoms with Crippen molar-refractivity contribution in [1.29, 1.82) is 0 Å². The maximum Gasteiger partial charge on any atom is 0.313 e. The first-order valence-electron chi connectivity index (χ1n) is 7.91. The number of piperidine rings is 1. The minimum Gasteiger partial charge on any atom is -0.481 e. The van der Waals surface area contributed by atoms with Gasteiger partial charge < -0.3 is 15.5 Å². The number of nitrogens with one attached hydrogen (secondary N) is 1. The second-order valence-corrected chi connectivity index (χ2v) is 7.11. The van der Waals surface area contributed by atoms with Crippen molar-refractivity contribution in [3.63, 3.8) is 0 Å². The van der Waals surface area contributed by atoms with E-state index in [0.29, 0.717) is 32.4 Å². The van der Waals surface area contributed by atoms with E-state index in [1.54, 1.807) is 11.3 Å². The number of carboxylic acids is 1.